The van der Waals surface area contributed by atoms with Gasteiger partial charge in [-0.25, -0.2) is 9.97 Å². The fourth-order valence-electron chi connectivity index (χ4n) is 2.46. The lowest BCUT2D eigenvalue weighted by atomic mass is 9.76. The van der Waals surface area contributed by atoms with Crippen LogP contribution in [-0.2, 0) is 6.54 Å². The molecular weight excluding hydrogens is 258 g/mol. The van der Waals surface area contributed by atoms with Crippen LogP contribution in [0.2, 0.25) is 5.02 Å². The molecule has 0 saturated heterocycles. The Morgan fingerprint density at radius 1 is 1.16 bits per heavy atom. The molecular formula is C15H16ClN3. The highest BCUT2D eigenvalue weighted by molar-refractivity contribution is 6.30. The van der Waals surface area contributed by atoms with Crippen LogP contribution in [-0.4, -0.2) is 16.0 Å². The van der Waals surface area contributed by atoms with Gasteiger partial charge in [0.05, 0.1) is 5.69 Å². The molecule has 0 spiro atoms. The number of benzene rings is 1. The monoisotopic (exact) mass is 273 g/mol. The average molecular weight is 274 g/mol. The molecule has 0 unspecified atom stereocenters. The number of aromatic nitrogens is 2. The molecule has 1 aliphatic rings. The lowest BCUT2D eigenvalue weighted by molar-refractivity contribution is 0.288. The molecule has 1 heterocycles. The number of nitrogens with one attached hydrogen (secondary N) is 1. The third kappa shape index (κ3) is 3.11. The summed E-state index contributed by atoms with van der Waals surface area (Å²) < 4.78 is 0. The molecule has 3 nitrogen and oxygen atoms in total. The predicted octanol–water partition coefficient (Wildman–Crippen LogP) is 3.17. The van der Waals surface area contributed by atoms with E-state index in [4.69, 9.17) is 11.6 Å². The summed E-state index contributed by atoms with van der Waals surface area (Å²) in [5, 5.41) is 4.34. The third-order valence-electron chi connectivity index (χ3n) is 3.69. The highest BCUT2D eigenvalue weighted by atomic mass is 35.5. The van der Waals surface area contributed by atoms with Gasteiger partial charge in [0.2, 0.25) is 0 Å². The van der Waals surface area contributed by atoms with Gasteiger partial charge in [0, 0.05) is 23.8 Å². The van der Waals surface area contributed by atoms with Gasteiger partial charge < -0.3 is 5.32 Å². The molecule has 1 N–H and O–H groups in total. The van der Waals surface area contributed by atoms with Gasteiger partial charge in [-0.05, 0) is 42.5 Å². The molecule has 3 rings (SSSR count). The molecule has 0 amide bonds. The van der Waals surface area contributed by atoms with Gasteiger partial charge in [0.1, 0.15) is 6.33 Å². The van der Waals surface area contributed by atoms with Crippen molar-refractivity contribution < 1.29 is 0 Å². The lowest BCUT2D eigenvalue weighted by Crippen LogP contribution is -2.39. The third-order valence-corrected chi connectivity index (χ3v) is 3.95. The van der Waals surface area contributed by atoms with Crippen molar-refractivity contribution in [3.8, 4) is 0 Å². The van der Waals surface area contributed by atoms with Gasteiger partial charge in [0.25, 0.3) is 0 Å². The maximum absolute atomic E-state index is 5.90. The van der Waals surface area contributed by atoms with Crippen molar-refractivity contribution in [1.82, 2.24) is 15.3 Å². The second-order valence-corrected chi connectivity index (χ2v) is 5.43. The van der Waals surface area contributed by atoms with Crippen LogP contribution >= 0.6 is 11.6 Å². The summed E-state index contributed by atoms with van der Waals surface area (Å²) in [7, 11) is 0. The SMILES string of the molecule is Clc1ccc(C2CC(NCc3ccncn3)C2)cc1. The Hall–Kier alpha value is -1.45. The molecule has 1 fully saturated rings. The van der Waals surface area contributed by atoms with E-state index in [1.54, 1.807) is 12.5 Å². The topological polar surface area (TPSA) is 37.8 Å². The second-order valence-electron chi connectivity index (χ2n) is 5.00. The first kappa shape index (κ1) is 12.6. The normalized spacial score (nSPS) is 21.9. The lowest BCUT2D eigenvalue weighted by Gasteiger charge is -2.36. The molecule has 1 aromatic heterocycles. The molecule has 0 aliphatic heterocycles. The van der Waals surface area contributed by atoms with E-state index >= 15 is 0 Å². The molecule has 0 bridgehead atoms. The van der Waals surface area contributed by atoms with Crippen molar-refractivity contribution in [2.45, 2.75) is 31.3 Å². The summed E-state index contributed by atoms with van der Waals surface area (Å²) >= 11 is 5.90. The Morgan fingerprint density at radius 3 is 2.63 bits per heavy atom. The van der Waals surface area contributed by atoms with E-state index < -0.39 is 0 Å². The zero-order valence-corrected chi connectivity index (χ0v) is 11.3. The van der Waals surface area contributed by atoms with Crippen LogP contribution in [0.3, 0.4) is 0 Å². The van der Waals surface area contributed by atoms with E-state index in [0.717, 1.165) is 17.3 Å². The van der Waals surface area contributed by atoms with Gasteiger partial charge in [-0.2, -0.15) is 0 Å². The van der Waals surface area contributed by atoms with Crippen molar-refractivity contribution in [3.05, 3.63) is 59.1 Å². The van der Waals surface area contributed by atoms with Crippen LogP contribution in [0, 0.1) is 0 Å². The van der Waals surface area contributed by atoms with E-state index in [1.807, 2.05) is 18.2 Å². The minimum Gasteiger partial charge on any atom is -0.308 e. The minimum absolute atomic E-state index is 0.593. The fraction of sp³-hybridized carbons (Fsp3) is 0.333. The Kier molecular flexibility index (Phi) is 3.76. The smallest absolute Gasteiger partial charge is 0.115 e. The molecule has 0 radical (unpaired) electrons. The molecule has 4 heteroatoms. The second kappa shape index (κ2) is 5.68. The van der Waals surface area contributed by atoms with Gasteiger partial charge >= 0.3 is 0 Å². The van der Waals surface area contributed by atoms with Crippen LogP contribution in [0.4, 0.5) is 0 Å². The summed E-state index contributed by atoms with van der Waals surface area (Å²) in [6, 6.07) is 10.7. The minimum atomic E-state index is 0.593. The summed E-state index contributed by atoms with van der Waals surface area (Å²) in [5.74, 6) is 0.667. The van der Waals surface area contributed by atoms with E-state index in [1.165, 1.54) is 18.4 Å². The maximum Gasteiger partial charge on any atom is 0.115 e. The van der Waals surface area contributed by atoms with Crippen molar-refractivity contribution >= 4 is 11.6 Å². The number of nitrogens with zero attached hydrogens (tertiary/aromatic N) is 2. The van der Waals surface area contributed by atoms with Gasteiger partial charge in [-0.1, -0.05) is 23.7 Å². The standard InChI is InChI=1S/C15H16ClN3/c16-13-3-1-11(2-4-13)12-7-15(8-12)18-9-14-5-6-17-10-19-14/h1-6,10,12,15,18H,7-9H2. The Labute approximate surface area is 118 Å². The van der Waals surface area contributed by atoms with Crippen molar-refractivity contribution in [1.29, 1.82) is 0 Å². The van der Waals surface area contributed by atoms with Crippen LogP contribution in [0.1, 0.15) is 30.0 Å². The molecule has 2 aromatic rings. The fourth-order valence-corrected chi connectivity index (χ4v) is 2.59. The zero-order chi connectivity index (χ0) is 13.1. The molecule has 98 valence electrons. The first-order chi connectivity index (χ1) is 9.31. The van der Waals surface area contributed by atoms with Crippen LogP contribution < -0.4 is 5.32 Å². The summed E-state index contributed by atoms with van der Waals surface area (Å²) in [6.45, 7) is 0.820. The summed E-state index contributed by atoms with van der Waals surface area (Å²) in [4.78, 5) is 8.12. The van der Waals surface area contributed by atoms with Gasteiger partial charge in [0.15, 0.2) is 0 Å². The molecule has 1 saturated carbocycles. The maximum atomic E-state index is 5.90. The Morgan fingerprint density at radius 2 is 1.95 bits per heavy atom. The number of hydrogen-bond donors (Lipinski definition) is 1. The molecule has 0 atom stereocenters. The van der Waals surface area contributed by atoms with Crippen molar-refractivity contribution in [3.63, 3.8) is 0 Å². The number of hydrogen-bond acceptors (Lipinski definition) is 3. The van der Waals surface area contributed by atoms with E-state index in [-0.39, 0.29) is 0 Å². The average Bonchev–Trinajstić information content (AvgIpc) is 2.40. The van der Waals surface area contributed by atoms with Crippen molar-refractivity contribution in [2.75, 3.05) is 0 Å². The Balaban J connectivity index is 1.47. The molecule has 19 heavy (non-hydrogen) atoms. The van der Waals surface area contributed by atoms with Crippen LogP contribution in [0.5, 0.6) is 0 Å². The van der Waals surface area contributed by atoms with Gasteiger partial charge in [-0.15, -0.1) is 0 Å². The number of halogens is 1. The number of rotatable bonds is 4. The van der Waals surface area contributed by atoms with E-state index in [9.17, 15) is 0 Å². The highest BCUT2D eigenvalue weighted by Gasteiger charge is 2.29. The summed E-state index contributed by atoms with van der Waals surface area (Å²) in [5.41, 5.74) is 2.44. The van der Waals surface area contributed by atoms with Gasteiger partial charge in [-0.3, -0.25) is 0 Å². The first-order valence-electron chi connectivity index (χ1n) is 6.55. The van der Waals surface area contributed by atoms with Crippen molar-refractivity contribution in [2.24, 2.45) is 0 Å². The van der Waals surface area contributed by atoms with E-state index in [0.29, 0.717) is 12.0 Å². The highest BCUT2D eigenvalue weighted by Crippen LogP contribution is 2.37. The van der Waals surface area contributed by atoms with E-state index in [2.05, 4.69) is 27.4 Å². The molecule has 1 aromatic carbocycles. The quantitative estimate of drug-likeness (QED) is 0.930. The van der Waals surface area contributed by atoms with Crippen LogP contribution in [0.15, 0.2) is 42.9 Å². The van der Waals surface area contributed by atoms with Crippen LogP contribution in [0.25, 0.3) is 0 Å². The zero-order valence-electron chi connectivity index (χ0n) is 10.6. The largest absolute Gasteiger partial charge is 0.308 e. The first-order valence-corrected chi connectivity index (χ1v) is 6.93. The predicted molar refractivity (Wildman–Crippen MR) is 76.1 cm³/mol. The Bertz CT molecular complexity index is 521. The summed E-state index contributed by atoms with van der Waals surface area (Å²) in [6.07, 6.45) is 5.75. The molecule has 1 aliphatic carbocycles.